The summed E-state index contributed by atoms with van der Waals surface area (Å²) in [5.41, 5.74) is 0. The number of carbonyl (C=O) groups is 2. The molecule has 0 unspecified atom stereocenters. The van der Waals surface area contributed by atoms with Crippen LogP contribution in [0.5, 0.6) is 0 Å². The van der Waals surface area contributed by atoms with Crippen LogP contribution in [0.4, 0.5) is 0 Å². The van der Waals surface area contributed by atoms with Crippen LogP contribution < -0.4 is 5.32 Å². The maximum Gasteiger partial charge on any atom is 0.245 e. The fourth-order valence-corrected chi connectivity index (χ4v) is 2.21. The molecular weight excluding hydrogens is 282 g/mol. The maximum atomic E-state index is 11.6. The van der Waals surface area contributed by atoms with Crippen LogP contribution in [0.25, 0.3) is 0 Å². The van der Waals surface area contributed by atoms with E-state index in [1.54, 1.807) is 0 Å². The number of amides is 1. The highest BCUT2D eigenvalue weighted by molar-refractivity contribution is 5.80. The van der Waals surface area contributed by atoms with Gasteiger partial charge in [-0.15, -0.1) is 0 Å². The Morgan fingerprint density at radius 2 is 1.73 bits per heavy atom. The number of hydrogen-bond donors (Lipinski definition) is 1. The van der Waals surface area contributed by atoms with Crippen molar-refractivity contribution in [3.63, 3.8) is 0 Å². The van der Waals surface area contributed by atoms with Gasteiger partial charge in [0, 0.05) is 25.5 Å². The lowest BCUT2D eigenvalue weighted by Gasteiger charge is -2.12. The summed E-state index contributed by atoms with van der Waals surface area (Å²) in [4.78, 5) is 23.1. The SMILES string of the molecule is CCCOCCOCC(=O)NCCCC[C@H](CC)C(=O)CC. The summed E-state index contributed by atoms with van der Waals surface area (Å²) in [6.45, 7) is 8.46. The third-order valence-electron chi connectivity index (χ3n) is 3.55. The molecule has 5 nitrogen and oxygen atoms in total. The van der Waals surface area contributed by atoms with E-state index in [4.69, 9.17) is 9.47 Å². The highest BCUT2D eigenvalue weighted by Gasteiger charge is 2.13. The second-order valence-corrected chi connectivity index (χ2v) is 5.44. The third kappa shape index (κ3) is 11.7. The molecule has 0 saturated heterocycles. The number of rotatable bonds is 15. The number of carbonyl (C=O) groups excluding carboxylic acids is 2. The van der Waals surface area contributed by atoms with E-state index >= 15 is 0 Å². The molecule has 1 amide bonds. The van der Waals surface area contributed by atoms with E-state index in [0.717, 1.165) is 38.7 Å². The topological polar surface area (TPSA) is 64.6 Å². The minimum atomic E-state index is -0.0906. The molecule has 0 aromatic rings. The monoisotopic (exact) mass is 315 g/mol. The van der Waals surface area contributed by atoms with Gasteiger partial charge in [-0.05, 0) is 25.7 Å². The minimum absolute atomic E-state index is 0.0847. The predicted molar refractivity (Wildman–Crippen MR) is 87.9 cm³/mol. The molecule has 5 heteroatoms. The summed E-state index contributed by atoms with van der Waals surface area (Å²) in [6, 6.07) is 0. The van der Waals surface area contributed by atoms with Crippen LogP contribution >= 0.6 is 0 Å². The molecule has 0 spiro atoms. The lowest BCUT2D eigenvalue weighted by Crippen LogP contribution is -2.29. The molecule has 0 fully saturated rings. The number of hydrogen-bond acceptors (Lipinski definition) is 4. The van der Waals surface area contributed by atoms with E-state index in [-0.39, 0.29) is 18.4 Å². The van der Waals surface area contributed by atoms with Crippen molar-refractivity contribution >= 4 is 11.7 Å². The lowest BCUT2D eigenvalue weighted by atomic mass is 9.93. The minimum Gasteiger partial charge on any atom is -0.379 e. The molecule has 130 valence electrons. The van der Waals surface area contributed by atoms with Crippen molar-refractivity contribution in [3.05, 3.63) is 0 Å². The zero-order valence-electron chi connectivity index (χ0n) is 14.5. The molecular formula is C17H33NO4. The van der Waals surface area contributed by atoms with Crippen molar-refractivity contribution in [1.29, 1.82) is 0 Å². The van der Waals surface area contributed by atoms with Crippen molar-refractivity contribution in [2.75, 3.05) is 33.0 Å². The highest BCUT2D eigenvalue weighted by Crippen LogP contribution is 2.14. The Hall–Kier alpha value is -0.940. The van der Waals surface area contributed by atoms with E-state index in [0.29, 0.717) is 32.0 Å². The molecule has 0 rings (SSSR count). The summed E-state index contributed by atoms with van der Waals surface area (Å²) in [7, 11) is 0. The number of ketones is 1. The van der Waals surface area contributed by atoms with Gasteiger partial charge >= 0.3 is 0 Å². The van der Waals surface area contributed by atoms with Gasteiger partial charge in [0.15, 0.2) is 0 Å². The van der Waals surface area contributed by atoms with Gasteiger partial charge in [-0.2, -0.15) is 0 Å². The molecule has 0 radical (unpaired) electrons. The first-order chi connectivity index (χ1) is 10.7. The van der Waals surface area contributed by atoms with Gasteiger partial charge in [-0.3, -0.25) is 9.59 Å². The summed E-state index contributed by atoms with van der Waals surface area (Å²) in [6.07, 6.45) is 5.31. The Balaban J connectivity index is 3.46. The van der Waals surface area contributed by atoms with Crippen LogP contribution in [0, 0.1) is 5.92 Å². The zero-order valence-corrected chi connectivity index (χ0v) is 14.5. The van der Waals surface area contributed by atoms with Crippen molar-refractivity contribution in [3.8, 4) is 0 Å². The van der Waals surface area contributed by atoms with E-state index in [1.807, 2.05) is 6.92 Å². The van der Waals surface area contributed by atoms with Crippen molar-refractivity contribution in [1.82, 2.24) is 5.32 Å². The Bertz CT molecular complexity index is 294. The molecule has 0 heterocycles. The molecule has 0 aliphatic heterocycles. The van der Waals surface area contributed by atoms with Gasteiger partial charge in [0.1, 0.15) is 12.4 Å². The van der Waals surface area contributed by atoms with Gasteiger partial charge in [0.25, 0.3) is 0 Å². The first-order valence-electron chi connectivity index (χ1n) is 8.60. The molecule has 0 aliphatic carbocycles. The second-order valence-electron chi connectivity index (χ2n) is 5.44. The standard InChI is InChI=1S/C17H33NO4/c1-4-11-21-12-13-22-14-17(20)18-10-8-7-9-15(5-2)16(19)6-3/h15H,4-14H2,1-3H3,(H,18,20)/t15-/m0/s1. The van der Waals surface area contributed by atoms with E-state index in [2.05, 4.69) is 19.2 Å². The molecule has 1 N–H and O–H groups in total. The van der Waals surface area contributed by atoms with Gasteiger partial charge in [-0.25, -0.2) is 0 Å². The molecule has 1 atom stereocenters. The Kier molecular flexibility index (Phi) is 14.3. The largest absolute Gasteiger partial charge is 0.379 e. The number of nitrogens with one attached hydrogen (secondary N) is 1. The first-order valence-corrected chi connectivity index (χ1v) is 8.60. The maximum absolute atomic E-state index is 11.6. The van der Waals surface area contributed by atoms with E-state index in [9.17, 15) is 9.59 Å². The third-order valence-corrected chi connectivity index (χ3v) is 3.55. The highest BCUT2D eigenvalue weighted by atomic mass is 16.5. The summed E-state index contributed by atoms with van der Waals surface area (Å²) in [5, 5.41) is 2.83. The fourth-order valence-electron chi connectivity index (χ4n) is 2.21. The molecule has 0 saturated carbocycles. The fraction of sp³-hybridized carbons (Fsp3) is 0.882. The average Bonchev–Trinajstić information content (AvgIpc) is 2.53. The summed E-state index contributed by atoms with van der Waals surface area (Å²) < 4.78 is 10.5. The van der Waals surface area contributed by atoms with Crippen molar-refractivity contribution in [2.45, 2.75) is 59.3 Å². The average molecular weight is 315 g/mol. The first kappa shape index (κ1) is 21.1. The molecule has 0 aromatic carbocycles. The van der Waals surface area contributed by atoms with Gasteiger partial charge in [-0.1, -0.05) is 27.2 Å². The Morgan fingerprint density at radius 3 is 2.36 bits per heavy atom. The summed E-state index contributed by atoms with van der Waals surface area (Å²) >= 11 is 0. The quantitative estimate of drug-likeness (QED) is 0.472. The van der Waals surface area contributed by atoms with Crippen LogP contribution in [0.1, 0.15) is 59.3 Å². The summed E-state index contributed by atoms with van der Waals surface area (Å²) in [5.74, 6) is 0.449. The van der Waals surface area contributed by atoms with E-state index in [1.165, 1.54) is 0 Å². The number of Topliss-reactive ketones (excluding diaryl/α,β-unsaturated/α-hetero) is 1. The van der Waals surface area contributed by atoms with Gasteiger partial charge in [0.05, 0.1) is 13.2 Å². The second kappa shape index (κ2) is 15.0. The van der Waals surface area contributed by atoms with Crippen LogP contribution in [0.2, 0.25) is 0 Å². The normalized spacial score (nSPS) is 12.1. The molecule has 0 bridgehead atoms. The Labute approximate surface area is 135 Å². The molecule has 0 aromatic heterocycles. The van der Waals surface area contributed by atoms with Gasteiger partial charge < -0.3 is 14.8 Å². The number of unbranched alkanes of at least 4 members (excludes halogenated alkanes) is 1. The van der Waals surface area contributed by atoms with Crippen LogP contribution in [0.15, 0.2) is 0 Å². The lowest BCUT2D eigenvalue weighted by molar-refractivity contribution is -0.126. The smallest absolute Gasteiger partial charge is 0.245 e. The van der Waals surface area contributed by atoms with Crippen LogP contribution in [-0.2, 0) is 19.1 Å². The van der Waals surface area contributed by atoms with Crippen LogP contribution in [0.3, 0.4) is 0 Å². The van der Waals surface area contributed by atoms with Crippen molar-refractivity contribution < 1.29 is 19.1 Å². The molecule has 22 heavy (non-hydrogen) atoms. The molecule has 0 aliphatic rings. The Morgan fingerprint density at radius 1 is 1.00 bits per heavy atom. The predicted octanol–water partition coefficient (Wildman–Crippen LogP) is 2.72. The van der Waals surface area contributed by atoms with E-state index < -0.39 is 0 Å². The van der Waals surface area contributed by atoms with Gasteiger partial charge in [0.2, 0.25) is 5.91 Å². The zero-order chi connectivity index (χ0) is 16.6. The van der Waals surface area contributed by atoms with Crippen LogP contribution in [-0.4, -0.2) is 44.7 Å². The number of ether oxygens (including phenoxy) is 2. The van der Waals surface area contributed by atoms with Crippen molar-refractivity contribution in [2.24, 2.45) is 5.92 Å².